The van der Waals surface area contributed by atoms with E-state index in [0.29, 0.717) is 17.5 Å². The van der Waals surface area contributed by atoms with Crippen molar-refractivity contribution in [3.05, 3.63) is 277 Å². The molecule has 2 heterocycles. The van der Waals surface area contributed by atoms with Crippen molar-refractivity contribution >= 4 is 17.1 Å². The summed E-state index contributed by atoms with van der Waals surface area (Å²) in [6, 6.07) is 91.3. The number of benzene rings is 10. The molecule has 1 aliphatic carbocycles. The number of fused-ring (bicyclic) bond motifs is 9. The Labute approximate surface area is 396 Å². The molecule has 1 spiro atoms. The lowest BCUT2D eigenvalue weighted by Gasteiger charge is -2.45. The molecule has 0 bridgehead atoms. The summed E-state index contributed by atoms with van der Waals surface area (Å²) in [7, 11) is 0. The fraction of sp³-hybridized carbons (Fsp3) is 0.0156. The lowest BCUT2D eigenvalue weighted by Crippen LogP contribution is -2.36. The molecule has 0 fully saturated rings. The summed E-state index contributed by atoms with van der Waals surface area (Å²) in [5.74, 6) is 1.91. The maximum absolute atomic E-state index is 5.08. The van der Waals surface area contributed by atoms with Gasteiger partial charge in [-0.3, -0.25) is 0 Å². The summed E-state index contributed by atoms with van der Waals surface area (Å²) in [5.41, 5.74) is 20.5. The number of aromatic nitrogens is 3. The van der Waals surface area contributed by atoms with Gasteiger partial charge in [-0.2, -0.15) is 0 Å². The van der Waals surface area contributed by atoms with Gasteiger partial charge >= 0.3 is 0 Å². The average molecular weight is 867 g/mol. The molecule has 13 rings (SSSR count). The maximum Gasteiger partial charge on any atom is 0.164 e. The molecule has 0 amide bonds. The molecule has 2 aliphatic rings. The van der Waals surface area contributed by atoms with Gasteiger partial charge in [-0.15, -0.1) is 0 Å². The van der Waals surface area contributed by atoms with Crippen LogP contribution >= 0.6 is 0 Å². The van der Waals surface area contributed by atoms with E-state index in [4.69, 9.17) is 15.0 Å². The smallest absolute Gasteiger partial charge is 0.164 e. The highest BCUT2D eigenvalue weighted by Gasteiger charge is 2.51. The molecular formula is C64H42N4. The van der Waals surface area contributed by atoms with Crippen molar-refractivity contribution in [1.29, 1.82) is 0 Å². The second-order valence-corrected chi connectivity index (χ2v) is 17.5. The molecule has 0 N–H and O–H groups in total. The van der Waals surface area contributed by atoms with E-state index in [0.717, 1.165) is 39.1 Å². The Morgan fingerprint density at radius 3 is 1.25 bits per heavy atom. The standard InChI is InChI=1S/C64H42N4/c1-4-17-43(18-5-1)44-35-37-48(38-36-44)62-65-61(47-19-6-2-7-20-47)66-63(67-62)51-22-16-21-49(41-51)45-31-33-46(34-32-45)50-39-40-56-54(42-50)53-25-10-11-26-55(53)64(56)57-27-12-14-29-59(57)68(52-23-8-3-9-24-52)60-30-15-13-28-58(60)64/h1-42H. The Hall–Kier alpha value is -8.99. The average Bonchev–Trinajstić information content (AvgIpc) is 3.71. The summed E-state index contributed by atoms with van der Waals surface area (Å²) in [6.45, 7) is 0. The third-order valence-electron chi connectivity index (χ3n) is 13.7. The first-order chi connectivity index (χ1) is 33.7. The number of rotatable bonds is 7. The van der Waals surface area contributed by atoms with Crippen LogP contribution in [0, 0.1) is 0 Å². The van der Waals surface area contributed by atoms with Crippen LogP contribution in [0.2, 0.25) is 0 Å². The number of hydrogen-bond donors (Lipinski definition) is 0. The summed E-state index contributed by atoms with van der Waals surface area (Å²) in [6.07, 6.45) is 0. The first kappa shape index (κ1) is 39.4. The van der Waals surface area contributed by atoms with Crippen LogP contribution in [0.15, 0.2) is 255 Å². The molecule has 1 aliphatic heterocycles. The van der Waals surface area contributed by atoms with Crippen LogP contribution < -0.4 is 4.90 Å². The van der Waals surface area contributed by atoms with Crippen LogP contribution in [-0.4, -0.2) is 15.0 Å². The first-order valence-electron chi connectivity index (χ1n) is 23.2. The second-order valence-electron chi connectivity index (χ2n) is 17.5. The summed E-state index contributed by atoms with van der Waals surface area (Å²) >= 11 is 0. The van der Waals surface area contributed by atoms with Crippen molar-refractivity contribution in [2.75, 3.05) is 4.90 Å². The largest absolute Gasteiger partial charge is 0.310 e. The minimum absolute atomic E-state index is 0.480. The Bertz CT molecular complexity index is 3610. The van der Waals surface area contributed by atoms with Crippen molar-refractivity contribution in [1.82, 2.24) is 15.0 Å². The molecule has 4 heteroatoms. The minimum Gasteiger partial charge on any atom is -0.310 e. The van der Waals surface area contributed by atoms with E-state index < -0.39 is 5.41 Å². The lowest BCUT2D eigenvalue weighted by molar-refractivity contribution is 0.753. The monoisotopic (exact) mass is 866 g/mol. The zero-order chi connectivity index (χ0) is 45.0. The normalized spacial score (nSPS) is 12.8. The van der Waals surface area contributed by atoms with E-state index in [-0.39, 0.29) is 0 Å². The lowest BCUT2D eigenvalue weighted by atomic mass is 9.64. The van der Waals surface area contributed by atoms with Gasteiger partial charge in [0, 0.05) is 22.4 Å². The topological polar surface area (TPSA) is 41.9 Å². The Balaban J connectivity index is 0.860. The molecule has 10 aromatic carbocycles. The van der Waals surface area contributed by atoms with E-state index in [1.54, 1.807) is 0 Å². The van der Waals surface area contributed by atoms with E-state index in [1.807, 2.05) is 36.4 Å². The summed E-state index contributed by atoms with van der Waals surface area (Å²) in [5, 5.41) is 0. The predicted octanol–water partition coefficient (Wildman–Crippen LogP) is 16.0. The van der Waals surface area contributed by atoms with Crippen LogP contribution in [0.3, 0.4) is 0 Å². The molecule has 4 nitrogen and oxygen atoms in total. The van der Waals surface area contributed by atoms with E-state index in [1.165, 1.54) is 61.4 Å². The first-order valence-corrected chi connectivity index (χ1v) is 23.2. The van der Waals surface area contributed by atoms with Gasteiger partial charge in [0.15, 0.2) is 17.5 Å². The van der Waals surface area contributed by atoms with E-state index in [9.17, 15) is 0 Å². The molecule has 11 aromatic rings. The highest BCUT2D eigenvalue weighted by molar-refractivity contribution is 5.96. The van der Waals surface area contributed by atoms with Gasteiger partial charge in [0.05, 0.1) is 16.8 Å². The van der Waals surface area contributed by atoms with Crippen molar-refractivity contribution in [2.45, 2.75) is 5.41 Å². The van der Waals surface area contributed by atoms with Gasteiger partial charge in [0.1, 0.15) is 0 Å². The number of hydrogen-bond acceptors (Lipinski definition) is 4. The van der Waals surface area contributed by atoms with Gasteiger partial charge in [-0.1, -0.05) is 218 Å². The van der Waals surface area contributed by atoms with Crippen LogP contribution in [0.4, 0.5) is 17.1 Å². The summed E-state index contributed by atoms with van der Waals surface area (Å²) < 4.78 is 0. The van der Waals surface area contributed by atoms with Crippen LogP contribution in [-0.2, 0) is 5.41 Å². The van der Waals surface area contributed by atoms with Gasteiger partial charge in [0.25, 0.3) is 0 Å². The van der Waals surface area contributed by atoms with Gasteiger partial charge in [-0.05, 0) is 103 Å². The molecule has 0 saturated carbocycles. The molecule has 0 unspecified atom stereocenters. The fourth-order valence-electron chi connectivity index (χ4n) is 10.6. The van der Waals surface area contributed by atoms with Crippen molar-refractivity contribution in [3.63, 3.8) is 0 Å². The molecule has 318 valence electrons. The van der Waals surface area contributed by atoms with E-state index in [2.05, 4.69) is 223 Å². The number of nitrogens with zero attached hydrogens (tertiary/aromatic N) is 4. The number of anilines is 3. The van der Waals surface area contributed by atoms with Gasteiger partial charge in [0.2, 0.25) is 0 Å². The predicted molar refractivity (Wildman–Crippen MR) is 278 cm³/mol. The Morgan fingerprint density at radius 1 is 0.250 bits per heavy atom. The van der Waals surface area contributed by atoms with Gasteiger partial charge in [-0.25, -0.2) is 15.0 Å². The molecular weight excluding hydrogens is 825 g/mol. The van der Waals surface area contributed by atoms with Crippen molar-refractivity contribution in [3.8, 4) is 78.7 Å². The third-order valence-corrected chi connectivity index (χ3v) is 13.7. The zero-order valence-corrected chi connectivity index (χ0v) is 37.0. The van der Waals surface area contributed by atoms with Crippen LogP contribution in [0.1, 0.15) is 22.3 Å². The molecule has 0 atom stereocenters. The quantitative estimate of drug-likeness (QED) is 0.160. The Kier molecular flexibility index (Phi) is 9.36. The SMILES string of the molecule is c1ccc(-c2ccc(-c3nc(-c4ccccc4)nc(-c4cccc(-c5ccc(-c6ccc7c(c6)-c6ccccc6C76c7ccccc7N(c7ccccc7)c7ccccc76)cc5)c4)n3)cc2)cc1. The van der Waals surface area contributed by atoms with Crippen LogP contribution in [0.5, 0.6) is 0 Å². The third kappa shape index (κ3) is 6.41. The molecule has 0 saturated heterocycles. The zero-order valence-electron chi connectivity index (χ0n) is 37.0. The molecule has 1 aromatic heterocycles. The van der Waals surface area contributed by atoms with E-state index >= 15 is 0 Å². The second kappa shape index (κ2) is 16.2. The highest BCUT2D eigenvalue weighted by Crippen LogP contribution is 2.63. The van der Waals surface area contributed by atoms with Gasteiger partial charge < -0.3 is 4.90 Å². The maximum atomic E-state index is 5.08. The van der Waals surface area contributed by atoms with Crippen molar-refractivity contribution < 1.29 is 0 Å². The minimum atomic E-state index is -0.480. The fourth-order valence-corrected chi connectivity index (χ4v) is 10.6. The molecule has 0 radical (unpaired) electrons. The molecule has 68 heavy (non-hydrogen) atoms. The van der Waals surface area contributed by atoms with Crippen LogP contribution in [0.25, 0.3) is 78.7 Å². The number of para-hydroxylation sites is 3. The van der Waals surface area contributed by atoms with Crippen molar-refractivity contribution in [2.24, 2.45) is 0 Å². The highest BCUT2D eigenvalue weighted by atomic mass is 15.2. The summed E-state index contributed by atoms with van der Waals surface area (Å²) in [4.78, 5) is 17.5. The Morgan fingerprint density at radius 2 is 0.632 bits per heavy atom.